The molecule has 224 valence electrons. The lowest BCUT2D eigenvalue weighted by molar-refractivity contribution is -0.343. The third-order valence-corrected chi connectivity index (χ3v) is 3.48. The highest BCUT2D eigenvalue weighted by molar-refractivity contribution is 6.05. The van der Waals surface area contributed by atoms with Crippen molar-refractivity contribution in [3.63, 3.8) is 0 Å². The predicted octanol–water partition coefficient (Wildman–Crippen LogP) is 5.82. The lowest BCUT2D eigenvalue weighted by atomic mass is 10.0. The molecule has 0 radical (unpaired) electrons. The van der Waals surface area contributed by atoms with Gasteiger partial charge in [0.25, 0.3) is 0 Å². The number of halogens is 20. The van der Waals surface area contributed by atoms with Crippen LogP contribution in [0.3, 0.4) is 0 Å². The number of hydrogen-bond acceptors (Lipinski definition) is 4. The fourth-order valence-electron chi connectivity index (χ4n) is 1.42. The molecule has 0 aliphatic heterocycles. The van der Waals surface area contributed by atoms with Gasteiger partial charge in [0.05, 0.1) is 12.8 Å². The van der Waals surface area contributed by atoms with Crippen molar-refractivity contribution in [3.8, 4) is 0 Å². The van der Waals surface area contributed by atoms with Crippen molar-refractivity contribution in [1.82, 2.24) is 0 Å². The molecule has 0 aliphatic rings. The largest absolute Gasteiger partial charge is 0.460 e. The second-order valence-corrected chi connectivity index (χ2v) is 6.33. The molecule has 0 rings (SSSR count). The number of alkyl halides is 20. The van der Waals surface area contributed by atoms with Crippen LogP contribution in [0.15, 0.2) is 0 Å². The van der Waals surface area contributed by atoms with E-state index >= 15 is 0 Å². The molecule has 0 saturated heterocycles. The molecule has 0 saturated carbocycles. The topological polar surface area (TPSA) is 68.3 Å². The van der Waals surface area contributed by atoms with Crippen LogP contribution in [0.2, 0.25) is 0 Å². The lowest BCUT2D eigenvalue weighted by Gasteiger charge is -2.26. The molecule has 0 aromatic heterocycles. The minimum Gasteiger partial charge on any atom is -0.292 e. The van der Waals surface area contributed by atoms with Crippen LogP contribution in [-0.4, -0.2) is 71.5 Å². The Hall–Kier alpha value is -2.72. The molecular weight excluding hydrogens is 612 g/mol. The Balaban J connectivity index is 0. The second-order valence-electron chi connectivity index (χ2n) is 6.33. The Labute approximate surface area is 192 Å². The molecule has 0 atom stereocenters. The Morgan fingerprint density at radius 3 is 0.658 bits per heavy atom. The molecule has 0 heterocycles. The van der Waals surface area contributed by atoms with Gasteiger partial charge in [0.1, 0.15) is 0 Å². The van der Waals surface area contributed by atoms with Crippen LogP contribution in [0, 0.1) is 0 Å². The zero-order chi connectivity index (χ0) is 31.7. The minimum atomic E-state index is -6.89. The van der Waals surface area contributed by atoms with Gasteiger partial charge in [-0.1, -0.05) is 0 Å². The Kier molecular flexibility index (Phi) is 10.6. The first-order valence-corrected chi connectivity index (χ1v) is 8.01. The van der Waals surface area contributed by atoms with Gasteiger partial charge in [-0.15, -0.1) is 0 Å². The van der Waals surface area contributed by atoms with Crippen LogP contribution >= 0.6 is 0 Å². The molecule has 24 heteroatoms. The number of rotatable bonds is 8. The molecule has 0 fully saturated rings. The van der Waals surface area contributed by atoms with Crippen molar-refractivity contribution in [1.29, 1.82) is 0 Å². The zero-order valence-corrected chi connectivity index (χ0v) is 16.6. The van der Waals surface area contributed by atoms with E-state index in [1.807, 2.05) is 0 Å². The Morgan fingerprint density at radius 1 is 0.342 bits per heavy atom. The summed E-state index contributed by atoms with van der Waals surface area (Å²) < 4.78 is 238. The van der Waals surface area contributed by atoms with E-state index in [0.717, 1.165) is 0 Å². The molecule has 0 aromatic carbocycles. The highest BCUT2D eigenvalue weighted by atomic mass is 19.4. The summed E-state index contributed by atoms with van der Waals surface area (Å²) in [6.07, 6.45) is -31.0. The number of carbonyl (C=O) groups is 4. The summed E-state index contributed by atoms with van der Waals surface area (Å²) in [7, 11) is 0. The van der Waals surface area contributed by atoms with E-state index in [-0.39, 0.29) is 0 Å². The van der Waals surface area contributed by atoms with Gasteiger partial charge in [-0.2, -0.15) is 87.8 Å². The van der Waals surface area contributed by atoms with Crippen LogP contribution in [-0.2, 0) is 19.2 Å². The van der Waals surface area contributed by atoms with E-state index in [0.29, 0.717) is 0 Å². The lowest BCUT2D eigenvalue weighted by Crippen LogP contribution is -2.56. The first kappa shape index (κ1) is 37.4. The van der Waals surface area contributed by atoms with Crippen LogP contribution in [0.1, 0.15) is 12.8 Å². The molecule has 0 aromatic rings. The Morgan fingerprint density at radius 2 is 0.526 bits per heavy atom. The molecule has 0 spiro atoms. The molecule has 0 N–H and O–H groups in total. The summed E-state index contributed by atoms with van der Waals surface area (Å²) in [6.45, 7) is 0. The summed E-state index contributed by atoms with van der Waals surface area (Å²) >= 11 is 0. The van der Waals surface area contributed by atoms with Crippen LogP contribution < -0.4 is 0 Å². The van der Waals surface area contributed by atoms with E-state index in [9.17, 15) is 107 Å². The maximum Gasteiger partial charge on any atom is 0.460 e. The monoisotopic (exact) mass is 616 g/mol. The molecule has 0 amide bonds. The molecule has 0 bridgehead atoms. The van der Waals surface area contributed by atoms with Gasteiger partial charge in [0, 0.05) is 0 Å². The Bertz CT molecular complexity index is 827. The van der Waals surface area contributed by atoms with E-state index in [1.165, 1.54) is 0 Å². The third-order valence-electron chi connectivity index (χ3n) is 3.48. The maximum atomic E-state index is 12.5. The highest BCUT2D eigenvalue weighted by Gasteiger charge is 2.77. The van der Waals surface area contributed by atoms with Gasteiger partial charge in [-0.25, -0.2) is 0 Å². The van der Waals surface area contributed by atoms with Gasteiger partial charge in [0.2, 0.25) is 23.1 Å². The summed E-state index contributed by atoms with van der Waals surface area (Å²) in [5.41, 5.74) is 0. The molecule has 4 nitrogen and oxygen atoms in total. The summed E-state index contributed by atoms with van der Waals surface area (Å²) in [5, 5.41) is 0. The van der Waals surface area contributed by atoms with Crippen molar-refractivity contribution in [3.05, 3.63) is 0 Å². The smallest absolute Gasteiger partial charge is 0.292 e. The molecular formula is C14H4F20O4. The molecule has 0 aliphatic carbocycles. The van der Waals surface area contributed by atoms with Gasteiger partial charge in [-0.05, 0) is 0 Å². The highest BCUT2D eigenvalue weighted by Crippen LogP contribution is 2.48. The third kappa shape index (κ3) is 8.14. The SMILES string of the molecule is O=C(CC(=O)C(F)(F)C(F)(F)C(F)(F)F)C(F)(F)F.O=C(CC(=O)C(F)(F)C(F)(F)C(F)(F)F)C(F)(F)F. The van der Waals surface area contributed by atoms with Crippen LogP contribution in [0.4, 0.5) is 87.8 Å². The van der Waals surface area contributed by atoms with Crippen molar-refractivity contribution in [2.24, 2.45) is 0 Å². The average Bonchev–Trinajstić information content (AvgIpc) is 2.64. The first-order chi connectivity index (χ1) is 16.1. The van der Waals surface area contributed by atoms with Crippen molar-refractivity contribution >= 4 is 23.1 Å². The number of hydrogen-bond donors (Lipinski definition) is 0. The van der Waals surface area contributed by atoms with Crippen LogP contribution in [0.25, 0.3) is 0 Å². The minimum absolute atomic E-state index is 2.82. The van der Waals surface area contributed by atoms with E-state index in [2.05, 4.69) is 0 Å². The first-order valence-electron chi connectivity index (χ1n) is 8.01. The van der Waals surface area contributed by atoms with E-state index < -0.39 is 84.4 Å². The summed E-state index contributed by atoms with van der Waals surface area (Å²) in [6, 6.07) is 0. The average molecular weight is 616 g/mol. The van der Waals surface area contributed by atoms with Crippen molar-refractivity contribution in [2.45, 2.75) is 61.2 Å². The standard InChI is InChI=1S/2C7H2F10O2/c2*8-4(9,6(13,14)7(15,16)17)2(18)1-3(19)5(10,11)12/h2*1H2. The van der Waals surface area contributed by atoms with E-state index in [4.69, 9.17) is 0 Å². The van der Waals surface area contributed by atoms with Crippen molar-refractivity contribution in [2.75, 3.05) is 0 Å². The fourth-order valence-corrected chi connectivity index (χ4v) is 1.42. The second kappa shape index (κ2) is 10.8. The zero-order valence-electron chi connectivity index (χ0n) is 16.6. The number of carbonyl (C=O) groups excluding carboxylic acids is 4. The quantitative estimate of drug-likeness (QED) is 0.255. The van der Waals surface area contributed by atoms with Gasteiger partial charge in [0.15, 0.2) is 0 Å². The maximum absolute atomic E-state index is 12.5. The molecule has 38 heavy (non-hydrogen) atoms. The predicted molar refractivity (Wildman–Crippen MR) is 73.3 cm³/mol. The normalized spacial score (nSPS) is 14.4. The fraction of sp³-hybridized carbons (Fsp3) is 0.714. The summed E-state index contributed by atoms with van der Waals surface area (Å²) in [5.74, 6) is -40.0. The van der Waals surface area contributed by atoms with E-state index in [1.54, 1.807) is 0 Å². The summed E-state index contributed by atoms with van der Waals surface area (Å²) in [4.78, 5) is 40.9. The molecule has 0 unspecified atom stereocenters. The van der Waals surface area contributed by atoms with Gasteiger partial charge < -0.3 is 0 Å². The number of Topliss-reactive ketones (excluding diaryl/α,β-unsaturated/α-hetero) is 4. The number of ketones is 4. The van der Waals surface area contributed by atoms with Crippen molar-refractivity contribution < 1.29 is 107 Å². The van der Waals surface area contributed by atoms with Gasteiger partial charge in [-0.3, -0.25) is 19.2 Å². The van der Waals surface area contributed by atoms with Crippen LogP contribution in [0.5, 0.6) is 0 Å². The van der Waals surface area contributed by atoms with Gasteiger partial charge >= 0.3 is 48.4 Å².